The first kappa shape index (κ1) is 9.85. The maximum absolute atomic E-state index is 9.96. The molecule has 0 heterocycles. The van der Waals surface area contributed by atoms with Gasteiger partial charge in [0, 0.05) is 11.6 Å². The first-order valence-corrected chi connectivity index (χ1v) is 3.58. The van der Waals surface area contributed by atoms with E-state index in [1.807, 2.05) is 0 Å². The van der Waals surface area contributed by atoms with Crippen molar-refractivity contribution in [2.45, 2.75) is 0 Å². The second-order valence-corrected chi connectivity index (χ2v) is 2.47. The molecule has 1 rings (SSSR count). The molecule has 0 saturated carbocycles. The van der Waals surface area contributed by atoms with Gasteiger partial charge in [0.25, 0.3) is 0 Å². The lowest BCUT2D eigenvalue weighted by atomic mass is 10.1. The first-order valence-electron chi connectivity index (χ1n) is 3.58. The maximum atomic E-state index is 9.96. The lowest BCUT2D eigenvalue weighted by Crippen LogP contribution is -1.83. The Hall–Kier alpha value is -2.24. The molecule has 0 amide bonds. The summed E-state index contributed by atoms with van der Waals surface area (Å²) in [5, 5.41) is 37.2. The first-order chi connectivity index (χ1) is 6.52. The van der Waals surface area contributed by atoms with Gasteiger partial charge >= 0.3 is 0 Å². The van der Waals surface area contributed by atoms with Crippen LogP contribution in [0.3, 0.4) is 0 Å². The third-order valence-corrected chi connectivity index (χ3v) is 1.54. The van der Waals surface area contributed by atoms with Crippen LogP contribution in [0.5, 0.6) is 17.2 Å². The minimum atomic E-state index is -0.705. The Bertz CT molecular complexity index is 399. The van der Waals surface area contributed by atoms with Crippen molar-refractivity contribution in [3.05, 3.63) is 34.0 Å². The Morgan fingerprint density at radius 1 is 1.21 bits per heavy atom. The van der Waals surface area contributed by atoms with Gasteiger partial charge in [-0.05, 0) is 12.1 Å². The van der Waals surface area contributed by atoms with Crippen molar-refractivity contribution in [3.8, 4) is 17.2 Å². The highest BCUT2D eigenvalue weighted by Crippen LogP contribution is 2.37. The molecule has 6 heteroatoms. The van der Waals surface area contributed by atoms with Crippen LogP contribution in [-0.4, -0.2) is 20.2 Å². The minimum absolute atomic E-state index is 0.0528. The van der Waals surface area contributed by atoms with Crippen molar-refractivity contribution in [1.29, 1.82) is 0 Å². The van der Waals surface area contributed by atoms with E-state index in [9.17, 15) is 15.2 Å². The topological polar surface area (TPSA) is 104 Å². The largest absolute Gasteiger partial charge is 0.504 e. The number of phenolic OH excluding ortho intramolecular Hbond substituents is 3. The van der Waals surface area contributed by atoms with Gasteiger partial charge in [-0.15, -0.1) is 0 Å². The van der Waals surface area contributed by atoms with Crippen LogP contribution < -0.4 is 0 Å². The number of rotatable bonds is 2. The van der Waals surface area contributed by atoms with Crippen molar-refractivity contribution in [2.75, 3.05) is 0 Å². The van der Waals surface area contributed by atoms with Gasteiger partial charge in [-0.3, -0.25) is 10.1 Å². The monoisotopic (exact) mass is 197 g/mol. The van der Waals surface area contributed by atoms with Crippen LogP contribution in [0.2, 0.25) is 0 Å². The highest BCUT2D eigenvalue weighted by Gasteiger charge is 2.09. The summed E-state index contributed by atoms with van der Waals surface area (Å²) in [7, 11) is 0. The summed E-state index contributed by atoms with van der Waals surface area (Å²) < 4.78 is 0. The Morgan fingerprint density at radius 3 is 2.43 bits per heavy atom. The zero-order chi connectivity index (χ0) is 10.7. The lowest BCUT2D eigenvalue weighted by molar-refractivity contribution is -0.400. The SMILES string of the molecule is O=[N+]([O-])/C=C/c1ccc(O)c(O)c1O. The summed E-state index contributed by atoms with van der Waals surface area (Å²) in [6.45, 7) is 0. The van der Waals surface area contributed by atoms with E-state index in [1.54, 1.807) is 0 Å². The lowest BCUT2D eigenvalue weighted by Gasteiger charge is -2.02. The standard InChI is InChI=1S/C8H7NO5/c10-6-2-1-5(3-4-9(13)14)7(11)8(6)12/h1-4,10-12H/b4-3+. The summed E-state index contributed by atoms with van der Waals surface area (Å²) in [6.07, 6.45) is 1.63. The van der Waals surface area contributed by atoms with Crippen molar-refractivity contribution in [1.82, 2.24) is 0 Å². The van der Waals surface area contributed by atoms with E-state index >= 15 is 0 Å². The quantitative estimate of drug-likeness (QED) is 0.373. The summed E-state index contributed by atoms with van der Waals surface area (Å²) >= 11 is 0. The molecule has 3 N–H and O–H groups in total. The zero-order valence-electron chi connectivity index (χ0n) is 6.91. The molecule has 0 aromatic heterocycles. The summed E-state index contributed by atoms with van der Waals surface area (Å²) in [4.78, 5) is 9.26. The van der Waals surface area contributed by atoms with E-state index in [2.05, 4.69) is 0 Å². The van der Waals surface area contributed by atoms with Gasteiger partial charge in [0.15, 0.2) is 11.5 Å². The molecule has 0 spiro atoms. The molecule has 0 bridgehead atoms. The van der Waals surface area contributed by atoms with E-state index in [0.717, 1.165) is 12.1 Å². The molecular formula is C8H7NO5. The molecule has 0 fully saturated rings. The highest BCUT2D eigenvalue weighted by molar-refractivity contribution is 5.64. The van der Waals surface area contributed by atoms with Crippen molar-refractivity contribution < 1.29 is 20.2 Å². The molecule has 0 radical (unpaired) electrons. The van der Waals surface area contributed by atoms with Crippen LogP contribution in [0.15, 0.2) is 18.3 Å². The predicted molar refractivity (Wildman–Crippen MR) is 47.5 cm³/mol. The Labute approximate surface area is 78.5 Å². The molecule has 0 unspecified atom stereocenters. The normalized spacial score (nSPS) is 10.6. The van der Waals surface area contributed by atoms with Crippen LogP contribution >= 0.6 is 0 Å². The van der Waals surface area contributed by atoms with E-state index in [4.69, 9.17) is 10.2 Å². The molecular weight excluding hydrogens is 190 g/mol. The number of nitro groups is 1. The molecule has 6 nitrogen and oxygen atoms in total. The van der Waals surface area contributed by atoms with E-state index < -0.39 is 22.2 Å². The third kappa shape index (κ3) is 1.92. The molecule has 74 valence electrons. The minimum Gasteiger partial charge on any atom is -0.504 e. The zero-order valence-corrected chi connectivity index (χ0v) is 6.91. The van der Waals surface area contributed by atoms with Crippen molar-refractivity contribution in [2.24, 2.45) is 0 Å². The van der Waals surface area contributed by atoms with Gasteiger partial charge in [-0.2, -0.15) is 0 Å². The molecule has 0 aliphatic carbocycles. The Kier molecular flexibility index (Phi) is 2.57. The van der Waals surface area contributed by atoms with Gasteiger partial charge < -0.3 is 15.3 Å². The maximum Gasteiger partial charge on any atom is 0.235 e. The Balaban J connectivity index is 3.12. The number of nitrogens with zero attached hydrogens (tertiary/aromatic N) is 1. The van der Waals surface area contributed by atoms with Gasteiger partial charge in [-0.1, -0.05) is 0 Å². The molecule has 14 heavy (non-hydrogen) atoms. The number of aromatic hydroxyl groups is 3. The average molecular weight is 197 g/mol. The summed E-state index contributed by atoms with van der Waals surface area (Å²) in [5.41, 5.74) is 0.0528. The van der Waals surface area contributed by atoms with Crippen LogP contribution in [-0.2, 0) is 0 Å². The van der Waals surface area contributed by atoms with E-state index in [-0.39, 0.29) is 5.56 Å². The fourth-order valence-corrected chi connectivity index (χ4v) is 0.860. The molecule has 0 saturated heterocycles. The van der Waals surface area contributed by atoms with Crippen LogP contribution in [0.4, 0.5) is 0 Å². The van der Waals surface area contributed by atoms with Crippen LogP contribution in [0.25, 0.3) is 6.08 Å². The molecule has 0 aliphatic rings. The summed E-state index contributed by atoms with van der Waals surface area (Å²) in [5.74, 6) is -1.78. The number of hydrogen-bond acceptors (Lipinski definition) is 5. The van der Waals surface area contributed by atoms with Gasteiger partial charge in [0.1, 0.15) is 0 Å². The van der Waals surface area contributed by atoms with Crippen LogP contribution in [0, 0.1) is 10.1 Å². The van der Waals surface area contributed by atoms with E-state index in [1.165, 1.54) is 6.07 Å². The second-order valence-electron chi connectivity index (χ2n) is 2.47. The van der Waals surface area contributed by atoms with Gasteiger partial charge in [0.05, 0.1) is 4.92 Å². The highest BCUT2D eigenvalue weighted by atomic mass is 16.6. The number of benzene rings is 1. The second kappa shape index (κ2) is 3.65. The predicted octanol–water partition coefficient (Wildman–Crippen LogP) is 1.05. The molecule has 1 aromatic carbocycles. The average Bonchev–Trinajstić information content (AvgIpc) is 2.13. The third-order valence-electron chi connectivity index (χ3n) is 1.54. The number of hydrogen-bond donors (Lipinski definition) is 3. The fraction of sp³-hybridized carbons (Fsp3) is 0. The smallest absolute Gasteiger partial charge is 0.235 e. The molecule has 1 aromatic rings. The Morgan fingerprint density at radius 2 is 1.86 bits per heavy atom. The van der Waals surface area contributed by atoms with Crippen molar-refractivity contribution in [3.63, 3.8) is 0 Å². The summed E-state index contributed by atoms with van der Waals surface area (Å²) in [6, 6.07) is 2.36. The van der Waals surface area contributed by atoms with Crippen molar-refractivity contribution >= 4 is 6.08 Å². The fourth-order valence-electron chi connectivity index (χ4n) is 0.860. The molecule has 0 aliphatic heterocycles. The number of phenols is 3. The van der Waals surface area contributed by atoms with E-state index in [0.29, 0.717) is 6.20 Å². The van der Waals surface area contributed by atoms with Crippen LogP contribution in [0.1, 0.15) is 5.56 Å². The molecule has 0 atom stereocenters. The van der Waals surface area contributed by atoms with Gasteiger partial charge in [0.2, 0.25) is 11.9 Å². The van der Waals surface area contributed by atoms with Gasteiger partial charge in [-0.25, -0.2) is 0 Å².